The van der Waals surface area contributed by atoms with Crippen LogP contribution < -0.4 is 10.2 Å². The summed E-state index contributed by atoms with van der Waals surface area (Å²) in [5, 5.41) is 14.5. The summed E-state index contributed by atoms with van der Waals surface area (Å²) in [6.07, 6.45) is 3.75. The predicted molar refractivity (Wildman–Crippen MR) is 101 cm³/mol. The van der Waals surface area contributed by atoms with Crippen molar-refractivity contribution < 1.29 is 14.5 Å². The molecule has 1 N–H and O–H groups in total. The number of carbonyl (C=O) groups excluding carboxylic acids is 1. The minimum Gasteiger partial charge on any atom is -0.382 e. The van der Waals surface area contributed by atoms with Crippen molar-refractivity contribution in [2.75, 3.05) is 37.7 Å². The molecule has 2 aromatic heterocycles. The molecule has 0 saturated carbocycles. The van der Waals surface area contributed by atoms with Crippen LogP contribution in [0.5, 0.6) is 0 Å². The zero-order valence-corrected chi connectivity index (χ0v) is 15.5. The van der Waals surface area contributed by atoms with Crippen LogP contribution in [-0.4, -0.2) is 53.1 Å². The highest BCUT2D eigenvalue weighted by molar-refractivity contribution is 5.79. The number of aromatic nitrogens is 2. The molecule has 1 amide bonds. The largest absolute Gasteiger partial charge is 0.382 e. The van der Waals surface area contributed by atoms with Gasteiger partial charge >= 0.3 is 5.82 Å². The fourth-order valence-electron chi connectivity index (χ4n) is 3.38. The molecule has 0 radical (unpaired) electrons. The Kier molecular flexibility index (Phi) is 6.23. The number of amides is 1. The molecule has 1 saturated heterocycles. The number of rotatable bonds is 8. The van der Waals surface area contributed by atoms with Crippen molar-refractivity contribution in [1.82, 2.24) is 14.7 Å². The Hall–Kier alpha value is -2.68. The van der Waals surface area contributed by atoms with Gasteiger partial charge in [0.15, 0.2) is 0 Å². The highest BCUT2D eigenvalue weighted by Crippen LogP contribution is 2.31. The first-order chi connectivity index (χ1) is 13.1. The Balaban J connectivity index is 1.59. The van der Waals surface area contributed by atoms with Crippen LogP contribution in [0.3, 0.4) is 0 Å². The highest BCUT2D eigenvalue weighted by atomic mass is 16.6. The van der Waals surface area contributed by atoms with Gasteiger partial charge in [0.1, 0.15) is 0 Å². The van der Waals surface area contributed by atoms with Gasteiger partial charge in [-0.15, -0.1) is 0 Å². The lowest BCUT2D eigenvalue weighted by molar-refractivity contribution is -0.389. The van der Waals surface area contributed by atoms with Gasteiger partial charge in [0, 0.05) is 44.8 Å². The summed E-state index contributed by atoms with van der Waals surface area (Å²) in [5.41, 5.74) is 0.549. The summed E-state index contributed by atoms with van der Waals surface area (Å²) in [7, 11) is 0. The lowest BCUT2D eigenvalue weighted by atomic mass is 9.96. The molecule has 0 aromatic carbocycles. The molecular formula is C18H25N5O4. The molecule has 27 heavy (non-hydrogen) atoms. The quantitative estimate of drug-likeness (QED) is 0.430. The molecule has 9 heteroatoms. The SMILES string of the molecule is CCOCCCNC(=O)C1CCN(c2nc3ccccn3c2[N+](=O)[O-])CC1. The summed E-state index contributed by atoms with van der Waals surface area (Å²) < 4.78 is 6.75. The minimum atomic E-state index is -0.396. The standard InChI is InChI=1S/C18H25N5O4/c1-2-27-13-5-9-19-17(24)14-7-11-21(12-8-14)16-18(23(25)26)22-10-4-3-6-15(22)20-16/h3-4,6,10,14H,2,5,7-9,11-13H2,1H3,(H,19,24). The summed E-state index contributed by atoms with van der Waals surface area (Å²) >= 11 is 0. The van der Waals surface area contributed by atoms with Crippen LogP contribution in [-0.2, 0) is 9.53 Å². The second kappa shape index (κ2) is 8.81. The zero-order chi connectivity index (χ0) is 19.2. The van der Waals surface area contributed by atoms with E-state index in [-0.39, 0.29) is 17.6 Å². The van der Waals surface area contributed by atoms with Crippen molar-refractivity contribution >= 4 is 23.2 Å². The molecule has 9 nitrogen and oxygen atoms in total. The second-order valence-corrected chi connectivity index (χ2v) is 6.55. The molecule has 146 valence electrons. The Morgan fingerprint density at radius 2 is 2.19 bits per heavy atom. The number of ether oxygens (including phenoxy) is 1. The number of nitro groups is 1. The Labute approximate surface area is 157 Å². The maximum atomic E-state index is 12.3. The maximum Gasteiger partial charge on any atom is 0.372 e. The summed E-state index contributed by atoms with van der Waals surface area (Å²) in [6, 6.07) is 5.30. The molecule has 0 spiro atoms. The van der Waals surface area contributed by atoms with Crippen LogP contribution in [0, 0.1) is 16.0 Å². The lowest BCUT2D eigenvalue weighted by Crippen LogP contribution is -2.41. The fraction of sp³-hybridized carbons (Fsp3) is 0.556. The fourth-order valence-corrected chi connectivity index (χ4v) is 3.38. The summed E-state index contributed by atoms with van der Waals surface area (Å²) in [4.78, 5) is 29.8. The van der Waals surface area contributed by atoms with Crippen LogP contribution in [0.1, 0.15) is 26.2 Å². The van der Waals surface area contributed by atoms with E-state index in [2.05, 4.69) is 10.3 Å². The van der Waals surface area contributed by atoms with E-state index < -0.39 is 4.92 Å². The molecule has 0 atom stereocenters. The van der Waals surface area contributed by atoms with E-state index in [1.165, 1.54) is 4.40 Å². The molecule has 1 aliphatic rings. The topological polar surface area (TPSA) is 102 Å². The van der Waals surface area contributed by atoms with E-state index >= 15 is 0 Å². The number of nitrogens with zero attached hydrogens (tertiary/aromatic N) is 4. The van der Waals surface area contributed by atoms with Gasteiger partial charge in [-0.3, -0.25) is 4.79 Å². The van der Waals surface area contributed by atoms with E-state index in [9.17, 15) is 14.9 Å². The predicted octanol–water partition coefficient (Wildman–Crippen LogP) is 2.00. The number of imidazole rings is 1. The molecule has 2 aromatic rings. The molecule has 0 unspecified atom stereocenters. The van der Waals surface area contributed by atoms with Gasteiger partial charge in [-0.2, -0.15) is 9.38 Å². The van der Waals surface area contributed by atoms with Gasteiger partial charge in [0.2, 0.25) is 17.4 Å². The first-order valence-electron chi connectivity index (χ1n) is 9.33. The third-order valence-electron chi connectivity index (χ3n) is 4.79. The van der Waals surface area contributed by atoms with Gasteiger partial charge in [-0.25, -0.2) is 0 Å². The van der Waals surface area contributed by atoms with Gasteiger partial charge in [-0.1, -0.05) is 6.07 Å². The Morgan fingerprint density at radius 1 is 1.41 bits per heavy atom. The number of carbonyl (C=O) groups is 1. The van der Waals surface area contributed by atoms with Crippen molar-refractivity contribution in [2.45, 2.75) is 26.2 Å². The van der Waals surface area contributed by atoms with E-state index in [1.54, 1.807) is 24.4 Å². The molecule has 1 fully saturated rings. The second-order valence-electron chi connectivity index (χ2n) is 6.55. The highest BCUT2D eigenvalue weighted by Gasteiger charge is 2.31. The number of anilines is 1. The van der Waals surface area contributed by atoms with Crippen molar-refractivity contribution in [1.29, 1.82) is 0 Å². The molecule has 0 bridgehead atoms. The number of pyridine rings is 1. The number of fused-ring (bicyclic) bond motifs is 1. The molecule has 1 aliphatic heterocycles. The Bertz CT molecular complexity index is 798. The summed E-state index contributed by atoms with van der Waals surface area (Å²) in [5.74, 6) is 0.339. The number of hydrogen-bond acceptors (Lipinski definition) is 6. The first-order valence-corrected chi connectivity index (χ1v) is 9.33. The van der Waals surface area contributed by atoms with Crippen molar-refractivity contribution in [3.8, 4) is 0 Å². The number of hydrogen-bond donors (Lipinski definition) is 1. The van der Waals surface area contributed by atoms with Gasteiger partial charge in [0.25, 0.3) is 0 Å². The average Bonchev–Trinajstić information content (AvgIpc) is 3.07. The van der Waals surface area contributed by atoms with Gasteiger partial charge < -0.3 is 25.1 Å². The maximum absolute atomic E-state index is 12.3. The van der Waals surface area contributed by atoms with E-state index in [0.29, 0.717) is 57.2 Å². The molecule has 3 rings (SSSR count). The van der Waals surface area contributed by atoms with Gasteiger partial charge in [-0.05, 0) is 37.2 Å². The van der Waals surface area contributed by atoms with Crippen LogP contribution in [0.4, 0.5) is 11.6 Å². The zero-order valence-electron chi connectivity index (χ0n) is 15.5. The smallest absolute Gasteiger partial charge is 0.372 e. The van der Waals surface area contributed by atoms with E-state index in [0.717, 1.165) is 6.42 Å². The van der Waals surface area contributed by atoms with Crippen LogP contribution in [0.2, 0.25) is 0 Å². The van der Waals surface area contributed by atoms with Crippen LogP contribution >= 0.6 is 0 Å². The first kappa shape index (κ1) is 19.1. The van der Waals surface area contributed by atoms with E-state index in [4.69, 9.17) is 4.74 Å². The average molecular weight is 375 g/mol. The molecular weight excluding hydrogens is 350 g/mol. The minimum absolute atomic E-state index is 0.0237. The lowest BCUT2D eigenvalue weighted by Gasteiger charge is -2.31. The van der Waals surface area contributed by atoms with Gasteiger partial charge in [0.05, 0.1) is 6.20 Å². The molecule has 0 aliphatic carbocycles. The van der Waals surface area contributed by atoms with Crippen molar-refractivity contribution in [3.63, 3.8) is 0 Å². The van der Waals surface area contributed by atoms with Crippen LogP contribution in [0.25, 0.3) is 5.65 Å². The van der Waals surface area contributed by atoms with Crippen molar-refractivity contribution in [3.05, 3.63) is 34.5 Å². The third-order valence-corrected chi connectivity index (χ3v) is 4.79. The Morgan fingerprint density at radius 3 is 2.89 bits per heavy atom. The number of piperidine rings is 1. The van der Waals surface area contributed by atoms with E-state index in [1.807, 2.05) is 11.8 Å². The third kappa shape index (κ3) is 4.36. The molecule has 3 heterocycles. The number of nitrogens with one attached hydrogen (secondary N) is 1. The monoisotopic (exact) mass is 375 g/mol. The normalized spacial score (nSPS) is 15.2. The van der Waals surface area contributed by atoms with Crippen LogP contribution in [0.15, 0.2) is 24.4 Å². The summed E-state index contributed by atoms with van der Waals surface area (Å²) in [6.45, 7) is 5.02. The van der Waals surface area contributed by atoms with Crippen molar-refractivity contribution in [2.24, 2.45) is 5.92 Å².